The van der Waals surface area contributed by atoms with Crippen LogP contribution in [0.4, 0.5) is 31.8 Å². The third kappa shape index (κ3) is 4.85. The number of aromatic amines is 1. The minimum absolute atomic E-state index is 0.0479. The van der Waals surface area contributed by atoms with Crippen LogP contribution in [0.2, 0.25) is 0 Å². The molecule has 0 aliphatic carbocycles. The van der Waals surface area contributed by atoms with E-state index >= 15 is 0 Å². The van der Waals surface area contributed by atoms with E-state index in [2.05, 4.69) is 51.0 Å². The Morgan fingerprint density at radius 1 is 1.17 bits per heavy atom. The van der Waals surface area contributed by atoms with Crippen molar-refractivity contribution in [1.82, 2.24) is 50.0 Å². The second kappa shape index (κ2) is 10.6. The van der Waals surface area contributed by atoms with E-state index in [0.29, 0.717) is 41.6 Å². The standard InChI is InChI=1S/C25H21F2N13O2/c1-39-37-22(36-38-39)12-5-3-6-13(20(12)42-2)30-14-9-16(33-23-18(14)34-24(35-23)21(26)27)32-17-11-29-19(15(10-28)31-17)25(41)40-7-4-8-40/h3,5-6,9,11,21H,4,7-8H2,1-2H3,(H3,30,31,32,33,34,35). The maximum Gasteiger partial charge on any atom is 0.295 e. The summed E-state index contributed by atoms with van der Waals surface area (Å²) in [4.78, 5) is 34.8. The lowest BCUT2D eigenvalue weighted by molar-refractivity contribution is 0.0645. The Hall–Kier alpha value is -5.79. The molecule has 6 rings (SSSR count). The van der Waals surface area contributed by atoms with Gasteiger partial charge in [-0.25, -0.2) is 28.7 Å². The fraction of sp³-hybridized carbons (Fsp3) is 0.240. The number of tetrazole rings is 1. The average Bonchev–Trinajstić information content (AvgIpc) is 3.58. The number of carbonyl (C=O) groups is 1. The highest BCUT2D eigenvalue weighted by Gasteiger charge is 2.26. The van der Waals surface area contributed by atoms with Crippen LogP contribution >= 0.6 is 0 Å². The maximum absolute atomic E-state index is 13.6. The fourth-order valence-corrected chi connectivity index (χ4v) is 4.32. The Bertz CT molecular complexity index is 1860. The van der Waals surface area contributed by atoms with Gasteiger partial charge in [-0.05, 0) is 23.8 Å². The van der Waals surface area contributed by atoms with Crippen LogP contribution in [0.15, 0.2) is 30.5 Å². The van der Waals surface area contributed by atoms with Crippen molar-refractivity contribution >= 4 is 40.1 Å². The van der Waals surface area contributed by atoms with Crippen molar-refractivity contribution in [2.24, 2.45) is 7.05 Å². The Labute approximate surface area is 235 Å². The lowest BCUT2D eigenvalue weighted by atomic mass is 10.1. The zero-order valence-corrected chi connectivity index (χ0v) is 22.1. The van der Waals surface area contributed by atoms with E-state index in [4.69, 9.17) is 4.74 Å². The largest absolute Gasteiger partial charge is 0.494 e. The van der Waals surface area contributed by atoms with Gasteiger partial charge in [0.15, 0.2) is 34.4 Å². The number of fused-ring (bicyclic) bond motifs is 1. The number of aryl methyl sites for hydroxylation is 1. The number of nitriles is 1. The van der Waals surface area contributed by atoms with Gasteiger partial charge in [0, 0.05) is 19.2 Å². The van der Waals surface area contributed by atoms with Crippen LogP contribution in [0.3, 0.4) is 0 Å². The molecule has 0 saturated carbocycles. The van der Waals surface area contributed by atoms with Crippen LogP contribution in [-0.4, -0.2) is 76.1 Å². The number of halogens is 2. The Morgan fingerprint density at radius 3 is 2.67 bits per heavy atom. The molecule has 3 N–H and O–H groups in total. The molecule has 5 heterocycles. The zero-order chi connectivity index (χ0) is 29.4. The van der Waals surface area contributed by atoms with Crippen LogP contribution in [0.1, 0.15) is 34.9 Å². The fourth-order valence-electron chi connectivity index (χ4n) is 4.32. The van der Waals surface area contributed by atoms with Gasteiger partial charge in [-0.3, -0.25) is 4.79 Å². The van der Waals surface area contributed by atoms with Crippen molar-refractivity contribution in [2.45, 2.75) is 12.8 Å². The molecule has 0 atom stereocenters. The molecular formula is C25H21F2N13O2. The van der Waals surface area contributed by atoms with Gasteiger partial charge in [0.1, 0.15) is 17.4 Å². The first-order valence-electron chi connectivity index (χ1n) is 12.5. The van der Waals surface area contributed by atoms with E-state index in [9.17, 15) is 18.8 Å². The number of likely N-dealkylation sites (tertiary alicyclic amines) is 1. The smallest absolute Gasteiger partial charge is 0.295 e. The summed E-state index contributed by atoms with van der Waals surface area (Å²) in [7, 11) is 3.11. The van der Waals surface area contributed by atoms with Gasteiger partial charge in [0.05, 0.1) is 37.3 Å². The predicted molar refractivity (Wildman–Crippen MR) is 143 cm³/mol. The first-order chi connectivity index (χ1) is 20.3. The Morgan fingerprint density at radius 2 is 2.00 bits per heavy atom. The van der Waals surface area contributed by atoms with Crippen molar-refractivity contribution in [1.29, 1.82) is 5.26 Å². The summed E-state index contributed by atoms with van der Waals surface area (Å²) in [5.41, 5.74) is 1.29. The summed E-state index contributed by atoms with van der Waals surface area (Å²) < 4.78 is 32.8. The molecule has 1 aliphatic rings. The van der Waals surface area contributed by atoms with Crippen molar-refractivity contribution in [3.8, 4) is 23.2 Å². The number of H-pyrrole nitrogens is 1. The quantitative estimate of drug-likeness (QED) is 0.246. The number of pyridine rings is 1. The molecule has 42 heavy (non-hydrogen) atoms. The van der Waals surface area contributed by atoms with Crippen molar-refractivity contribution in [3.63, 3.8) is 0 Å². The van der Waals surface area contributed by atoms with Crippen LogP contribution in [-0.2, 0) is 7.05 Å². The van der Waals surface area contributed by atoms with Crippen molar-refractivity contribution in [3.05, 3.63) is 47.7 Å². The highest BCUT2D eigenvalue weighted by atomic mass is 19.3. The minimum Gasteiger partial charge on any atom is -0.494 e. The Kier molecular flexibility index (Phi) is 6.70. The molecule has 4 aromatic heterocycles. The third-order valence-electron chi connectivity index (χ3n) is 6.40. The lowest BCUT2D eigenvalue weighted by Crippen LogP contribution is -2.42. The van der Waals surface area contributed by atoms with E-state index in [0.717, 1.165) is 6.42 Å². The van der Waals surface area contributed by atoms with Gasteiger partial charge in [-0.15, -0.1) is 10.2 Å². The van der Waals surface area contributed by atoms with Gasteiger partial charge in [0.2, 0.25) is 5.82 Å². The van der Waals surface area contributed by atoms with E-state index < -0.39 is 12.2 Å². The highest BCUT2D eigenvalue weighted by Crippen LogP contribution is 2.38. The molecule has 5 aromatic rings. The van der Waals surface area contributed by atoms with E-state index in [1.54, 1.807) is 30.1 Å². The van der Waals surface area contributed by atoms with Gasteiger partial charge in [0.25, 0.3) is 12.3 Å². The summed E-state index contributed by atoms with van der Waals surface area (Å²) in [6, 6.07) is 8.64. The second-order valence-electron chi connectivity index (χ2n) is 9.12. The molecule has 17 heteroatoms. The monoisotopic (exact) mass is 573 g/mol. The zero-order valence-electron chi connectivity index (χ0n) is 22.1. The number of nitrogens with zero attached hydrogens (tertiary/aromatic N) is 10. The van der Waals surface area contributed by atoms with Gasteiger partial charge in [-0.2, -0.15) is 10.1 Å². The van der Waals surface area contributed by atoms with Crippen LogP contribution < -0.4 is 15.4 Å². The predicted octanol–water partition coefficient (Wildman–Crippen LogP) is 3.09. The first kappa shape index (κ1) is 26.4. The molecule has 1 fully saturated rings. The molecule has 0 bridgehead atoms. The number of benzene rings is 1. The average molecular weight is 574 g/mol. The molecular weight excluding hydrogens is 552 g/mol. The molecule has 1 amide bonds. The number of anilines is 4. The topological polar surface area (TPSA) is 188 Å². The number of carbonyl (C=O) groups excluding carboxylic acids is 1. The maximum atomic E-state index is 13.6. The SMILES string of the molecule is COc1c(Nc2cc(Nc3cnc(C(=O)N4CCC4)c(C#N)n3)nc3[nH]c(C(F)F)nc23)cccc1-c1nnn(C)n1. The number of amides is 1. The minimum atomic E-state index is -2.87. The molecule has 0 spiro atoms. The Balaban J connectivity index is 1.38. The number of hydrogen-bond donors (Lipinski definition) is 3. The summed E-state index contributed by atoms with van der Waals surface area (Å²) in [6.45, 7) is 1.19. The molecule has 212 valence electrons. The highest BCUT2D eigenvalue weighted by molar-refractivity contribution is 5.95. The van der Waals surface area contributed by atoms with Crippen LogP contribution in [0, 0.1) is 11.3 Å². The van der Waals surface area contributed by atoms with Gasteiger partial charge in [-0.1, -0.05) is 6.07 Å². The summed E-state index contributed by atoms with van der Waals surface area (Å²) in [6.07, 6.45) is -0.686. The number of para-hydroxylation sites is 1. The van der Waals surface area contributed by atoms with E-state index in [1.807, 2.05) is 6.07 Å². The molecule has 1 saturated heterocycles. The number of rotatable bonds is 8. The van der Waals surface area contributed by atoms with E-state index in [-0.39, 0.29) is 40.1 Å². The molecule has 15 nitrogen and oxygen atoms in total. The molecule has 1 aromatic carbocycles. The van der Waals surface area contributed by atoms with Gasteiger partial charge < -0.3 is 25.3 Å². The molecule has 0 radical (unpaired) electrons. The number of methoxy groups -OCH3 is 1. The molecule has 0 unspecified atom stereocenters. The van der Waals surface area contributed by atoms with Crippen LogP contribution in [0.5, 0.6) is 5.75 Å². The number of nitrogens with one attached hydrogen (secondary N) is 3. The van der Waals surface area contributed by atoms with E-state index in [1.165, 1.54) is 24.2 Å². The molecule has 1 aliphatic heterocycles. The number of hydrogen-bond acceptors (Lipinski definition) is 12. The number of aromatic nitrogens is 9. The summed E-state index contributed by atoms with van der Waals surface area (Å²) >= 11 is 0. The summed E-state index contributed by atoms with van der Waals surface area (Å²) in [5.74, 6) is 0.0476. The van der Waals surface area contributed by atoms with Crippen molar-refractivity contribution in [2.75, 3.05) is 30.8 Å². The first-order valence-corrected chi connectivity index (χ1v) is 12.5. The number of imidazole rings is 1. The number of alkyl halides is 2. The lowest BCUT2D eigenvalue weighted by Gasteiger charge is -2.30. The third-order valence-corrected chi connectivity index (χ3v) is 6.40. The number of ether oxygens (including phenoxy) is 1. The normalized spacial score (nSPS) is 12.7. The van der Waals surface area contributed by atoms with Gasteiger partial charge >= 0.3 is 0 Å². The summed E-state index contributed by atoms with van der Waals surface area (Å²) in [5, 5.41) is 27.8. The van der Waals surface area contributed by atoms with Crippen LogP contribution in [0.25, 0.3) is 22.6 Å². The van der Waals surface area contributed by atoms with Crippen molar-refractivity contribution < 1.29 is 18.3 Å². The second-order valence-corrected chi connectivity index (χ2v) is 9.12.